The molecule has 6 bridgehead atoms. The molecule has 3 aromatic heterocycles. The Bertz CT molecular complexity index is 2570. The average molecular weight is 950 g/mol. The lowest BCUT2D eigenvalue weighted by atomic mass is 9.84. The Morgan fingerprint density at radius 3 is 2.56 bits per heavy atom. The summed E-state index contributed by atoms with van der Waals surface area (Å²) in [5.41, 5.74) is 9.55. The van der Waals surface area contributed by atoms with Crippen LogP contribution >= 0.6 is 11.3 Å². The molecule has 5 amide bonds. The summed E-state index contributed by atoms with van der Waals surface area (Å²) in [5.74, 6) is -2.06. The average Bonchev–Trinajstić information content (AvgIpc) is 3.92. The largest absolute Gasteiger partial charge is 0.464 e. The predicted molar refractivity (Wildman–Crippen MR) is 261 cm³/mol. The number of aromatic nitrogens is 3. The number of nitrogens with zero attached hydrogens (tertiary/aromatic N) is 8. The number of cyclic esters (lactones) is 1. The number of amides is 5. The van der Waals surface area contributed by atoms with Crippen molar-refractivity contribution in [1.29, 1.82) is 0 Å². The number of urea groups is 1. The molecule has 5 atom stereocenters. The minimum absolute atomic E-state index is 0.114. The monoisotopic (exact) mass is 949 g/mol. The van der Waals surface area contributed by atoms with E-state index >= 15 is 0 Å². The van der Waals surface area contributed by atoms with E-state index in [1.807, 2.05) is 32.2 Å². The van der Waals surface area contributed by atoms with Gasteiger partial charge in [-0.25, -0.2) is 15.2 Å². The zero-order valence-corrected chi connectivity index (χ0v) is 41.6. The molecule has 7 heterocycles. The molecule has 17 heteroatoms. The Morgan fingerprint density at radius 1 is 1.07 bits per heavy atom. The first-order valence-corrected chi connectivity index (χ1v) is 25.0. The number of hydrogen-bond donors (Lipinski definition) is 1. The fourth-order valence-electron chi connectivity index (χ4n) is 10.6. The molecule has 1 aromatic carbocycles. The minimum atomic E-state index is -0.816. The van der Waals surface area contributed by atoms with Crippen LogP contribution in [0.5, 0.6) is 0 Å². The van der Waals surface area contributed by atoms with Crippen molar-refractivity contribution < 1.29 is 33.4 Å². The second-order valence-electron chi connectivity index (χ2n) is 19.9. The lowest BCUT2D eigenvalue weighted by Crippen LogP contribution is -2.66. The highest BCUT2D eigenvalue weighted by Gasteiger charge is 2.48. The Balaban J connectivity index is 1.16. The number of carbonyl (C=O) groups excluding carboxylic acids is 5. The van der Waals surface area contributed by atoms with Gasteiger partial charge in [-0.15, -0.1) is 11.3 Å². The number of benzene rings is 1. The number of fused-ring (bicyclic) bond motifs is 6. The summed E-state index contributed by atoms with van der Waals surface area (Å²) in [4.78, 5) is 86.7. The van der Waals surface area contributed by atoms with Crippen LogP contribution in [-0.4, -0.2) is 141 Å². The molecule has 0 aliphatic carbocycles. The number of aryl methyl sites for hydroxylation is 1. The van der Waals surface area contributed by atoms with Crippen LogP contribution in [0.25, 0.3) is 33.4 Å². The van der Waals surface area contributed by atoms with E-state index in [2.05, 4.69) is 61.6 Å². The van der Waals surface area contributed by atoms with Gasteiger partial charge < -0.3 is 33.6 Å². The molecule has 8 rings (SSSR count). The van der Waals surface area contributed by atoms with Crippen LogP contribution in [0.2, 0.25) is 0 Å². The van der Waals surface area contributed by atoms with Gasteiger partial charge in [-0.2, -0.15) is 0 Å². The van der Waals surface area contributed by atoms with Crippen LogP contribution in [0, 0.1) is 17.3 Å². The third-order valence-electron chi connectivity index (χ3n) is 14.2. The van der Waals surface area contributed by atoms with Gasteiger partial charge in [0.2, 0.25) is 17.7 Å². The van der Waals surface area contributed by atoms with E-state index < -0.39 is 35.4 Å². The zero-order chi connectivity index (χ0) is 48.6. The van der Waals surface area contributed by atoms with Gasteiger partial charge in [0.25, 0.3) is 0 Å². The number of pyridine rings is 1. The second kappa shape index (κ2) is 20.1. The number of esters is 1. The summed E-state index contributed by atoms with van der Waals surface area (Å²) in [6.07, 6.45) is 5.94. The maximum Gasteiger partial charge on any atom is 0.324 e. The normalized spacial score (nSPS) is 22.0. The van der Waals surface area contributed by atoms with E-state index in [4.69, 9.17) is 19.4 Å². The summed E-state index contributed by atoms with van der Waals surface area (Å²) in [6, 6.07) is 8.15. The van der Waals surface area contributed by atoms with Crippen LogP contribution in [0.1, 0.15) is 89.6 Å². The molecular weight excluding hydrogens is 883 g/mol. The number of likely N-dealkylation sites (N-methyl/N-ethyl adjacent to an activating group) is 1. The van der Waals surface area contributed by atoms with Crippen molar-refractivity contribution in [3.63, 3.8) is 0 Å². The molecule has 3 fully saturated rings. The molecule has 0 spiro atoms. The second-order valence-corrected chi connectivity index (χ2v) is 20.8. The van der Waals surface area contributed by atoms with E-state index in [0.717, 1.165) is 49.7 Å². The number of likely N-dealkylation sites (tertiary alicyclic amines) is 1. The third-order valence-corrected chi connectivity index (χ3v) is 15.1. The fourth-order valence-corrected chi connectivity index (χ4v) is 11.4. The smallest absolute Gasteiger partial charge is 0.324 e. The fraction of sp³-hybridized carbons (Fsp3) is 0.549. The minimum Gasteiger partial charge on any atom is -0.464 e. The highest BCUT2D eigenvalue weighted by Crippen LogP contribution is 2.42. The van der Waals surface area contributed by atoms with Crippen LogP contribution < -0.4 is 5.43 Å². The maximum absolute atomic E-state index is 15.0. The zero-order valence-electron chi connectivity index (χ0n) is 40.8. The van der Waals surface area contributed by atoms with Crippen LogP contribution in [0.4, 0.5) is 4.79 Å². The Morgan fingerprint density at radius 2 is 1.85 bits per heavy atom. The van der Waals surface area contributed by atoms with Gasteiger partial charge in [0.1, 0.15) is 12.1 Å². The molecule has 4 aliphatic rings. The van der Waals surface area contributed by atoms with Crippen LogP contribution in [0.3, 0.4) is 0 Å². The van der Waals surface area contributed by atoms with Crippen LogP contribution in [0.15, 0.2) is 54.6 Å². The van der Waals surface area contributed by atoms with Gasteiger partial charge in [-0.05, 0) is 87.8 Å². The number of nitrogens with one attached hydrogen (secondary N) is 1. The quantitative estimate of drug-likeness (QED) is 0.141. The SMILES string of the molecule is C=CC(=O)N1CCCN(C(=O)N(C)[C@H](C(=O)N2CCC2C2Cc3nc(cs3)-c3ccc4c(c3)c(c(-c3cccnc3[C@H](C)OC)n4CC)CC(C)(C)COC(=O)[C@@H]3CCCN(N3)C2=O)C(C)C)C1. The maximum atomic E-state index is 15.0. The van der Waals surface area contributed by atoms with E-state index in [1.54, 1.807) is 40.1 Å². The van der Waals surface area contributed by atoms with Gasteiger partial charge in [0, 0.05) is 98.4 Å². The first-order chi connectivity index (χ1) is 32.5. The van der Waals surface area contributed by atoms with Crippen molar-refractivity contribution in [3.05, 3.63) is 70.8 Å². The Labute approximate surface area is 403 Å². The number of hydrogen-bond acceptors (Lipinski definition) is 11. The Hall–Kier alpha value is -5.65. The van der Waals surface area contributed by atoms with Gasteiger partial charge in [0.15, 0.2) is 0 Å². The van der Waals surface area contributed by atoms with Gasteiger partial charge >= 0.3 is 12.0 Å². The molecule has 364 valence electrons. The molecule has 2 unspecified atom stereocenters. The summed E-state index contributed by atoms with van der Waals surface area (Å²) >= 11 is 1.49. The number of ether oxygens (including phenoxy) is 2. The summed E-state index contributed by atoms with van der Waals surface area (Å²) in [5, 5.41) is 5.42. The molecular formula is C51H67N9O7S. The summed E-state index contributed by atoms with van der Waals surface area (Å²) in [7, 11) is 3.33. The molecule has 0 saturated carbocycles. The first kappa shape index (κ1) is 48.8. The van der Waals surface area contributed by atoms with Gasteiger partial charge in [-0.3, -0.25) is 29.2 Å². The number of thiazole rings is 1. The van der Waals surface area contributed by atoms with E-state index in [-0.39, 0.29) is 55.5 Å². The van der Waals surface area contributed by atoms with Crippen molar-refractivity contribution in [2.24, 2.45) is 17.3 Å². The lowest BCUT2D eigenvalue weighted by molar-refractivity contribution is -0.159. The lowest BCUT2D eigenvalue weighted by Gasteiger charge is -2.49. The molecule has 4 aliphatic heterocycles. The highest BCUT2D eigenvalue weighted by molar-refractivity contribution is 7.10. The molecule has 3 saturated heterocycles. The standard InChI is InChI=1S/C51H67N9O7S/c1-10-43(61)56-21-14-22-57(30-56)50(65)55(8)45(31(3)4)48(63)59-24-19-41(59)36-26-42-53-39(28-68-42)33-17-18-40-35(25-33)37(46(58(40)11-2)34-15-12-20-52-44(34)32(5)66-9)27-51(6,7)29-67-49(64)38-16-13-23-60(54-38)47(36)62/h10,12,15,17-18,20,25,28,31-32,36,38,41,45,54H,1,11,13-14,16,19,21-24,26-27,29-30H2,2-9H3/t32-,36?,38-,41?,45-/m0/s1. The van der Waals surface area contributed by atoms with Crippen molar-refractivity contribution >= 4 is 52.0 Å². The summed E-state index contributed by atoms with van der Waals surface area (Å²) < 4.78 is 14.3. The highest BCUT2D eigenvalue weighted by atomic mass is 32.1. The number of rotatable bonds is 9. The van der Waals surface area contributed by atoms with E-state index in [1.165, 1.54) is 22.3 Å². The number of methoxy groups -OCH3 is 1. The van der Waals surface area contributed by atoms with Crippen molar-refractivity contribution in [3.8, 4) is 22.5 Å². The van der Waals surface area contributed by atoms with E-state index in [0.29, 0.717) is 64.8 Å². The van der Waals surface area contributed by atoms with Crippen molar-refractivity contribution in [2.45, 2.75) is 111 Å². The molecule has 16 nitrogen and oxygen atoms in total. The van der Waals surface area contributed by atoms with Gasteiger partial charge in [0.05, 0.1) is 47.4 Å². The molecule has 68 heavy (non-hydrogen) atoms. The first-order valence-electron chi connectivity index (χ1n) is 24.1. The predicted octanol–water partition coefficient (Wildman–Crippen LogP) is 6.69. The van der Waals surface area contributed by atoms with Crippen molar-refractivity contribution in [2.75, 3.05) is 53.6 Å². The van der Waals surface area contributed by atoms with Crippen LogP contribution in [-0.2, 0) is 48.0 Å². The summed E-state index contributed by atoms with van der Waals surface area (Å²) in [6.45, 7) is 18.6. The molecule has 4 aromatic rings. The number of hydrazine groups is 1. The Kier molecular flexibility index (Phi) is 14.4. The van der Waals surface area contributed by atoms with Crippen molar-refractivity contribution in [1.82, 2.24) is 44.6 Å². The topological polar surface area (TPSA) is 163 Å². The number of carbonyl (C=O) groups is 5. The van der Waals surface area contributed by atoms with E-state index in [9.17, 15) is 24.0 Å². The third kappa shape index (κ3) is 9.53. The molecule has 1 N–H and O–H groups in total. The molecule has 0 radical (unpaired) electrons. The van der Waals surface area contributed by atoms with Gasteiger partial charge in [-0.1, -0.05) is 40.3 Å².